The van der Waals surface area contributed by atoms with Crippen molar-refractivity contribution in [3.8, 4) is 0 Å². The predicted octanol–water partition coefficient (Wildman–Crippen LogP) is 3.36. The van der Waals surface area contributed by atoms with Crippen LogP contribution >= 0.6 is 0 Å². The number of unbranched alkanes of at least 4 members (excludes halogenated alkanes) is 1. The zero-order valence-corrected chi connectivity index (χ0v) is 19.3. The highest BCUT2D eigenvalue weighted by molar-refractivity contribution is 5.93. The number of pyridine rings is 3. The normalized spacial score (nSPS) is 11.7. The van der Waals surface area contributed by atoms with Crippen LogP contribution in [0.25, 0.3) is 10.8 Å². The molecule has 172 valence electrons. The average molecular weight is 440 g/mol. The lowest BCUT2D eigenvalue weighted by Crippen LogP contribution is -2.29. The topological polar surface area (TPSA) is 112 Å². The van der Waals surface area contributed by atoms with Crippen molar-refractivity contribution in [2.75, 3.05) is 23.8 Å². The van der Waals surface area contributed by atoms with Crippen molar-refractivity contribution in [3.05, 3.63) is 52.1 Å². The van der Waals surface area contributed by atoms with Crippen LogP contribution in [0.2, 0.25) is 0 Å². The van der Waals surface area contributed by atoms with Gasteiger partial charge in [0.15, 0.2) is 0 Å². The summed E-state index contributed by atoms with van der Waals surface area (Å²) < 4.78 is 1.49. The van der Waals surface area contributed by atoms with E-state index < -0.39 is 0 Å². The van der Waals surface area contributed by atoms with Crippen molar-refractivity contribution in [3.63, 3.8) is 0 Å². The Kier molecular flexibility index (Phi) is 7.48. The van der Waals surface area contributed by atoms with Gasteiger partial charge in [-0.2, -0.15) is 0 Å². The zero-order valence-electron chi connectivity index (χ0n) is 19.3. The minimum atomic E-state index is -0.301. The van der Waals surface area contributed by atoms with Crippen molar-refractivity contribution < 1.29 is 10.2 Å². The van der Waals surface area contributed by atoms with Gasteiger partial charge < -0.3 is 25.4 Å². The summed E-state index contributed by atoms with van der Waals surface area (Å²) in [6.07, 6.45) is 6.08. The first-order chi connectivity index (χ1) is 15.2. The van der Waals surface area contributed by atoms with E-state index in [4.69, 9.17) is 10.1 Å². The van der Waals surface area contributed by atoms with Crippen LogP contribution in [-0.2, 0) is 13.0 Å². The van der Waals surface area contributed by atoms with Gasteiger partial charge in [0.25, 0.3) is 5.56 Å². The first-order valence-corrected chi connectivity index (χ1v) is 11.0. The molecule has 0 amide bonds. The highest BCUT2D eigenvalue weighted by Gasteiger charge is 2.17. The summed E-state index contributed by atoms with van der Waals surface area (Å²) in [7, 11) is 0. The molecule has 0 saturated carbocycles. The fourth-order valence-corrected chi connectivity index (χ4v) is 3.56. The molecule has 0 aliphatic carbocycles. The van der Waals surface area contributed by atoms with Gasteiger partial charge in [-0.1, -0.05) is 0 Å². The van der Waals surface area contributed by atoms with Gasteiger partial charge in [0, 0.05) is 31.1 Å². The summed E-state index contributed by atoms with van der Waals surface area (Å²) in [5.74, 6) is 1.75. The van der Waals surface area contributed by atoms with E-state index in [0.717, 1.165) is 30.2 Å². The Balaban J connectivity index is 2.01. The number of rotatable bonds is 9. The maximum absolute atomic E-state index is 13.0. The number of aliphatic hydroxyl groups excluding tert-OH is 2. The van der Waals surface area contributed by atoms with Gasteiger partial charge >= 0.3 is 0 Å². The van der Waals surface area contributed by atoms with Gasteiger partial charge in [0.05, 0.1) is 12.0 Å². The van der Waals surface area contributed by atoms with E-state index in [0.29, 0.717) is 22.8 Å². The van der Waals surface area contributed by atoms with Crippen molar-refractivity contribution in [1.82, 2.24) is 14.5 Å². The monoisotopic (exact) mass is 439 g/mol. The Morgan fingerprint density at radius 2 is 1.88 bits per heavy atom. The van der Waals surface area contributed by atoms with Gasteiger partial charge in [-0.3, -0.25) is 4.79 Å². The van der Waals surface area contributed by atoms with E-state index in [1.807, 2.05) is 52.1 Å². The number of aryl methyl sites for hydroxylation is 2. The minimum Gasteiger partial charge on any atom is -0.396 e. The molecule has 0 atom stereocenters. The molecule has 0 aliphatic heterocycles. The van der Waals surface area contributed by atoms with Gasteiger partial charge in [0.2, 0.25) is 0 Å². The van der Waals surface area contributed by atoms with Crippen LogP contribution in [0.1, 0.15) is 44.7 Å². The fraction of sp³-hybridized carbons (Fsp3) is 0.458. The quantitative estimate of drug-likeness (QED) is 0.378. The number of nitrogens with one attached hydrogen (secondary N) is 2. The van der Waals surface area contributed by atoms with Crippen molar-refractivity contribution in [2.24, 2.45) is 0 Å². The Hall–Kier alpha value is -2.97. The number of aromatic nitrogens is 3. The molecular formula is C24H33N5O3. The largest absolute Gasteiger partial charge is 0.396 e. The van der Waals surface area contributed by atoms with Crippen molar-refractivity contribution >= 4 is 28.2 Å². The smallest absolute Gasteiger partial charge is 0.262 e. The molecule has 3 rings (SSSR count). The number of hydrogen-bond acceptors (Lipinski definition) is 7. The lowest BCUT2D eigenvalue weighted by atomic mass is 10.1. The van der Waals surface area contributed by atoms with Crippen LogP contribution in [0, 0.1) is 6.92 Å². The standard InChI is InChI=1S/C24H33N5O3/c1-16-15-25-19(13-17(16)7-5-6-11-30)26-20-14-18-8-9-29(10-12-31)23(32)21(18)22(27-20)28-24(2,3)4/h8-9,13-15,30-31H,5-7,10-12H2,1-4H3,(H2,25,26,27,28). The summed E-state index contributed by atoms with van der Waals surface area (Å²) >= 11 is 0. The van der Waals surface area contributed by atoms with Crippen molar-refractivity contribution in [1.29, 1.82) is 0 Å². The van der Waals surface area contributed by atoms with Gasteiger partial charge in [-0.15, -0.1) is 0 Å². The molecule has 3 aromatic heterocycles. The van der Waals surface area contributed by atoms with Crippen LogP contribution in [0.15, 0.2) is 35.4 Å². The number of nitrogens with zero attached hydrogens (tertiary/aromatic N) is 3. The van der Waals surface area contributed by atoms with Crippen LogP contribution < -0.4 is 16.2 Å². The molecule has 3 aromatic rings. The second-order valence-electron chi connectivity index (χ2n) is 9.03. The summed E-state index contributed by atoms with van der Waals surface area (Å²) in [4.78, 5) is 22.2. The molecule has 0 spiro atoms. The zero-order chi connectivity index (χ0) is 23.3. The molecule has 0 saturated heterocycles. The highest BCUT2D eigenvalue weighted by atomic mass is 16.3. The molecule has 0 radical (unpaired) electrons. The second-order valence-corrected chi connectivity index (χ2v) is 9.03. The van der Waals surface area contributed by atoms with Crippen LogP contribution in [0.5, 0.6) is 0 Å². The van der Waals surface area contributed by atoms with E-state index in [-0.39, 0.29) is 30.9 Å². The molecule has 8 nitrogen and oxygen atoms in total. The molecule has 0 bridgehead atoms. The molecule has 0 aliphatic rings. The van der Waals surface area contributed by atoms with E-state index in [1.54, 1.807) is 6.20 Å². The molecular weight excluding hydrogens is 406 g/mol. The Morgan fingerprint density at radius 1 is 1.09 bits per heavy atom. The molecule has 0 unspecified atom stereocenters. The summed E-state index contributed by atoms with van der Waals surface area (Å²) in [5, 5.41) is 26.2. The maximum atomic E-state index is 13.0. The Labute approximate surface area is 188 Å². The predicted molar refractivity (Wildman–Crippen MR) is 129 cm³/mol. The Bertz CT molecular complexity index is 1130. The number of hydrogen-bond donors (Lipinski definition) is 4. The lowest BCUT2D eigenvalue weighted by Gasteiger charge is -2.23. The second kappa shape index (κ2) is 10.1. The van der Waals surface area contributed by atoms with Crippen LogP contribution in [0.3, 0.4) is 0 Å². The molecule has 0 fully saturated rings. The Morgan fingerprint density at radius 3 is 2.56 bits per heavy atom. The van der Waals surface area contributed by atoms with Crippen molar-refractivity contribution in [2.45, 2.75) is 59.0 Å². The van der Waals surface area contributed by atoms with E-state index >= 15 is 0 Å². The SMILES string of the molecule is Cc1cnc(Nc2cc3ccn(CCO)c(=O)c3c(NC(C)(C)C)n2)cc1CCCCO. The third kappa shape index (κ3) is 5.83. The molecule has 8 heteroatoms. The summed E-state index contributed by atoms with van der Waals surface area (Å²) in [6.45, 7) is 8.38. The third-order valence-corrected chi connectivity index (χ3v) is 5.12. The maximum Gasteiger partial charge on any atom is 0.262 e. The fourth-order valence-electron chi connectivity index (χ4n) is 3.56. The van der Waals surface area contributed by atoms with Gasteiger partial charge in [-0.05, 0) is 81.7 Å². The third-order valence-electron chi connectivity index (χ3n) is 5.12. The molecule has 32 heavy (non-hydrogen) atoms. The number of fused-ring (bicyclic) bond motifs is 1. The van der Waals surface area contributed by atoms with E-state index in [2.05, 4.69) is 15.6 Å². The summed E-state index contributed by atoms with van der Waals surface area (Å²) in [6, 6.07) is 5.70. The lowest BCUT2D eigenvalue weighted by molar-refractivity contribution is 0.274. The minimum absolute atomic E-state index is 0.111. The molecule has 0 aromatic carbocycles. The summed E-state index contributed by atoms with van der Waals surface area (Å²) in [5.41, 5.74) is 1.79. The number of aliphatic hydroxyl groups is 2. The first kappa shape index (κ1) is 23.7. The van der Waals surface area contributed by atoms with Gasteiger partial charge in [0.1, 0.15) is 17.5 Å². The number of anilines is 3. The average Bonchev–Trinajstić information content (AvgIpc) is 2.71. The molecule has 3 heterocycles. The van der Waals surface area contributed by atoms with E-state index in [1.165, 1.54) is 10.1 Å². The van der Waals surface area contributed by atoms with E-state index in [9.17, 15) is 9.90 Å². The van der Waals surface area contributed by atoms with Crippen LogP contribution in [0.4, 0.5) is 17.5 Å². The van der Waals surface area contributed by atoms with Crippen LogP contribution in [-0.4, -0.2) is 43.5 Å². The first-order valence-electron chi connectivity index (χ1n) is 11.0. The molecule has 4 N–H and O–H groups in total. The van der Waals surface area contributed by atoms with Gasteiger partial charge in [-0.25, -0.2) is 9.97 Å². The highest BCUT2D eigenvalue weighted by Crippen LogP contribution is 2.26.